The van der Waals surface area contributed by atoms with Crippen LogP contribution in [0.15, 0.2) is 93.9 Å². The molecule has 0 fully saturated rings. The molecule has 9 heteroatoms. The van der Waals surface area contributed by atoms with Gasteiger partial charge in [0.15, 0.2) is 16.3 Å². The normalized spacial score (nSPS) is 14.9. The standard InChI is InChI=1S/C30H26N2O6S/c1-18-26(29(35)37-3)27(21-10-12-22(13-11-21)38-17-19-7-5-4-6-8-19)32-28(34)25(39-30(32)31-18)16-20-9-14-23(33)24(15-20)36-2/h4-16,27,33H,17H2,1-3H3. The van der Waals surface area contributed by atoms with E-state index < -0.39 is 12.0 Å². The number of ether oxygens (including phenoxy) is 3. The van der Waals surface area contributed by atoms with Crippen LogP contribution in [0.3, 0.4) is 0 Å². The minimum Gasteiger partial charge on any atom is -0.504 e. The number of phenolic OH excluding ortho intramolecular Hbond substituents is 1. The minimum atomic E-state index is -0.728. The van der Waals surface area contributed by atoms with Crippen LogP contribution in [-0.2, 0) is 16.1 Å². The maximum Gasteiger partial charge on any atom is 0.338 e. The highest BCUT2D eigenvalue weighted by Gasteiger charge is 2.33. The molecule has 1 N–H and O–H groups in total. The van der Waals surface area contributed by atoms with E-state index in [-0.39, 0.29) is 11.3 Å². The Balaban J connectivity index is 1.56. The molecule has 2 heterocycles. The molecule has 198 valence electrons. The number of aromatic nitrogens is 1. The lowest BCUT2D eigenvalue weighted by Gasteiger charge is -2.24. The zero-order valence-corrected chi connectivity index (χ0v) is 22.4. The van der Waals surface area contributed by atoms with Gasteiger partial charge < -0.3 is 19.3 Å². The summed E-state index contributed by atoms with van der Waals surface area (Å²) in [6.07, 6.45) is 1.71. The highest BCUT2D eigenvalue weighted by molar-refractivity contribution is 7.07. The molecule has 1 unspecified atom stereocenters. The summed E-state index contributed by atoms with van der Waals surface area (Å²) in [7, 11) is 2.77. The number of methoxy groups -OCH3 is 2. The molecule has 1 atom stereocenters. The summed E-state index contributed by atoms with van der Waals surface area (Å²) in [5.41, 5.74) is 2.92. The van der Waals surface area contributed by atoms with Crippen LogP contribution in [0.1, 0.15) is 29.7 Å². The first-order valence-electron chi connectivity index (χ1n) is 12.1. The second-order valence-corrected chi connectivity index (χ2v) is 9.86. The molecule has 4 aromatic rings. The van der Waals surface area contributed by atoms with Crippen LogP contribution < -0.4 is 24.4 Å². The quantitative estimate of drug-likeness (QED) is 0.358. The number of rotatable bonds is 7. The Kier molecular flexibility index (Phi) is 7.33. The van der Waals surface area contributed by atoms with Crippen LogP contribution in [0, 0.1) is 0 Å². The van der Waals surface area contributed by atoms with Crippen LogP contribution in [0.2, 0.25) is 0 Å². The monoisotopic (exact) mass is 542 g/mol. The van der Waals surface area contributed by atoms with Gasteiger partial charge in [0, 0.05) is 0 Å². The van der Waals surface area contributed by atoms with Gasteiger partial charge in [0.2, 0.25) is 0 Å². The van der Waals surface area contributed by atoms with E-state index >= 15 is 0 Å². The van der Waals surface area contributed by atoms with Gasteiger partial charge in [-0.2, -0.15) is 0 Å². The van der Waals surface area contributed by atoms with Crippen molar-refractivity contribution in [1.82, 2.24) is 4.57 Å². The number of aromatic hydroxyl groups is 1. The van der Waals surface area contributed by atoms with Crippen molar-refractivity contribution in [3.63, 3.8) is 0 Å². The summed E-state index contributed by atoms with van der Waals surface area (Å²) >= 11 is 1.22. The topological polar surface area (TPSA) is 99.4 Å². The molecule has 0 radical (unpaired) electrons. The van der Waals surface area contributed by atoms with Crippen LogP contribution >= 0.6 is 11.3 Å². The Hall–Kier alpha value is -4.63. The summed E-state index contributed by atoms with van der Waals surface area (Å²) < 4.78 is 18.1. The lowest BCUT2D eigenvalue weighted by atomic mass is 9.96. The van der Waals surface area contributed by atoms with Crippen molar-refractivity contribution in [1.29, 1.82) is 0 Å². The maximum atomic E-state index is 13.7. The van der Waals surface area contributed by atoms with Crippen molar-refractivity contribution >= 4 is 23.4 Å². The van der Waals surface area contributed by atoms with Gasteiger partial charge in [0.1, 0.15) is 12.4 Å². The van der Waals surface area contributed by atoms with Crippen molar-refractivity contribution in [3.8, 4) is 17.2 Å². The lowest BCUT2D eigenvalue weighted by molar-refractivity contribution is -0.136. The number of carbonyl (C=O) groups excluding carboxylic acids is 1. The number of nitrogens with zero attached hydrogens (tertiary/aromatic N) is 2. The Labute approximate surface area is 228 Å². The summed E-state index contributed by atoms with van der Waals surface area (Å²) in [6.45, 7) is 2.16. The third-order valence-corrected chi connectivity index (χ3v) is 7.36. The second-order valence-electron chi connectivity index (χ2n) is 8.85. The number of thiazole rings is 1. The summed E-state index contributed by atoms with van der Waals surface area (Å²) in [5, 5.41) is 9.92. The first-order chi connectivity index (χ1) is 18.9. The van der Waals surface area contributed by atoms with E-state index in [1.807, 2.05) is 54.6 Å². The molecular weight excluding hydrogens is 516 g/mol. The molecule has 39 heavy (non-hydrogen) atoms. The number of hydrogen-bond acceptors (Lipinski definition) is 8. The zero-order valence-electron chi connectivity index (χ0n) is 21.6. The molecule has 3 aromatic carbocycles. The van der Waals surface area contributed by atoms with E-state index in [1.54, 1.807) is 25.1 Å². The maximum absolute atomic E-state index is 13.7. The number of esters is 1. The largest absolute Gasteiger partial charge is 0.504 e. The fourth-order valence-corrected chi connectivity index (χ4v) is 5.48. The molecule has 5 rings (SSSR count). The average molecular weight is 543 g/mol. The number of benzene rings is 3. The van der Waals surface area contributed by atoms with E-state index in [4.69, 9.17) is 14.2 Å². The van der Waals surface area contributed by atoms with E-state index in [0.29, 0.717) is 44.3 Å². The van der Waals surface area contributed by atoms with E-state index in [0.717, 1.165) is 11.1 Å². The number of fused-ring (bicyclic) bond motifs is 1. The first kappa shape index (κ1) is 26.0. The molecule has 0 aliphatic carbocycles. The van der Waals surface area contributed by atoms with Crippen LogP contribution in [0.5, 0.6) is 17.2 Å². The summed E-state index contributed by atoms with van der Waals surface area (Å²) in [4.78, 5) is 31.6. The molecule has 0 spiro atoms. The van der Waals surface area contributed by atoms with Crippen molar-refractivity contribution < 1.29 is 24.1 Å². The van der Waals surface area contributed by atoms with Crippen molar-refractivity contribution in [3.05, 3.63) is 120 Å². The van der Waals surface area contributed by atoms with Gasteiger partial charge >= 0.3 is 5.97 Å². The van der Waals surface area contributed by atoms with Crippen molar-refractivity contribution in [2.45, 2.75) is 19.6 Å². The molecular formula is C30H26N2O6S. The number of allylic oxidation sites excluding steroid dienone is 1. The van der Waals surface area contributed by atoms with Gasteiger partial charge in [-0.15, -0.1) is 0 Å². The number of phenols is 1. The van der Waals surface area contributed by atoms with Gasteiger partial charge in [-0.3, -0.25) is 9.36 Å². The molecule has 1 aliphatic rings. The van der Waals surface area contributed by atoms with E-state index in [1.165, 1.54) is 36.2 Å². The second kappa shape index (κ2) is 11.0. The van der Waals surface area contributed by atoms with Crippen molar-refractivity contribution in [2.24, 2.45) is 4.99 Å². The zero-order chi connectivity index (χ0) is 27.5. The van der Waals surface area contributed by atoms with Gasteiger partial charge in [0.25, 0.3) is 5.56 Å². The SMILES string of the molecule is COC(=O)C1=C(C)N=c2sc(=Cc3ccc(O)c(OC)c3)c(=O)n2C1c1ccc(OCc2ccccc2)cc1. The minimum absolute atomic E-state index is 0.00523. The molecule has 0 amide bonds. The lowest BCUT2D eigenvalue weighted by Crippen LogP contribution is -2.39. The van der Waals surface area contributed by atoms with Crippen LogP contribution in [0.4, 0.5) is 0 Å². The fourth-order valence-electron chi connectivity index (χ4n) is 4.43. The average Bonchev–Trinajstić information content (AvgIpc) is 3.26. The number of carbonyl (C=O) groups is 1. The van der Waals surface area contributed by atoms with E-state index in [9.17, 15) is 14.7 Å². The molecule has 1 aliphatic heterocycles. The van der Waals surface area contributed by atoms with Gasteiger partial charge in [-0.05, 0) is 54.0 Å². The van der Waals surface area contributed by atoms with Crippen LogP contribution in [-0.4, -0.2) is 29.9 Å². The third-order valence-electron chi connectivity index (χ3n) is 6.37. The Bertz CT molecular complexity index is 1740. The van der Waals surface area contributed by atoms with Crippen LogP contribution in [0.25, 0.3) is 6.08 Å². The highest BCUT2D eigenvalue weighted by atomic mass is 32.1. The van der Waals surface area contributed by atoms with Gasteiger partial charge in [-0.1, -0.05) is 59.9 Å². The first-order valence-corrected chi connectivity index (χ1v) is 13.0. The predicted molar refractivity (Wildman–Crippen MR) is 148 cm³/mol. The molecule has 1 aromatic heterocycles. The molecule has 0 saturated heterocycles. The summed E-state index contributed by atoms with van der Waals surface area (Å²) in [6, 6.07) is 21.3. The molecule has 0 bridgehead atoms. The van der Waals surface area contributed by atoms with Gasteiger partial charge in [0.05, 0.1) is 36.1 Å². The smallest absolute Gasteiger partial charge is 0.338 e. The molecule has 0 saturated carbocycles. The Morgan fingerprint density at radius 3 is 2.51 bits per heavy atom. The summed E-state index contributed by atoms with van der Waals surface area (Å²) in [5.74, 6) is 0.415. The highest BCUT2D eigenvalue weighted by Crippen LogP contribution is 2.32. The van der Waals surface area contributed by atoms with Crippen molar-refractivity contribution in [2.75, 3.05) is 14.2 Å². The molecule has 8 nitrogen and oxygen atoms in total. The van der Waals surface area contributed by atoms with Gasteiger partial charge in [-0.25, -0.2) is 9.79 Å². The number of hydrogen-bond donors (Lipinski definition) is 1. The Morgan fingerprint density at radius 1 is 1.08 bits per heavy atom. The van der Waals surface area contributed by atoms with E-state index in [2.05, 4.69) is 4.99 Å². The Morgan fingerprint density at radius 2 is 1.82 bits per heavy atom. The fraction of sp³-hybridized carbons (Fsp3) is 0.167. The third kappa shape index (κ3) is 5.21. The predicted octanol–water partition coefficient (Wildman–Crippen LogP) is 3.70.